The van der Waals surface area contributed by atoms with E-state index in [1.807, 2.05) is 30.3 Å². The SMILES string of the molecule is Fc1cc(-c2ccccc2)cnc1Cl. The third-order valence-corrected chi connectivity index (χ3v) is 2.18. The van der Waals surface area contributed by atoms with Crippen LogP contribution in [0.25, 0.3) is 11.1 Å². The average molecular weight is 208 g/mol. The third kappa shape index (κ3) is 1.75. The Labute approximate surface area is 86.2 Å². The zero-order chi connectivity index (χ0) is 9.97. The lowest BCUT2D eigenvalue weighted by Gasteiger charge is -2.01. The Morgan fingerprint density at radius 2 is 1.79 bits per heavy atom. The Hall–Kier alpha value is -1.41. The van der Waals surface area contributed by atoms with Gasteiger partial charge in [-0.15, -0.1) is 0 Å². The van der Waals surface area contributed by atoms with Crippen LogP contribution in [0.3, 0.4) is 0 Å². The first kappa shape index (κ1) is 9.16. The molecule has 14 heavy (non-hydrogen) atoms. The Bertz CT molecular complexity index is 442. The van der Waals surface area contributed by atoms with E-state index in [1.54, 1.807) is 6.20 Å². The number of hydrogen-bond acceptors (Lipinski definition) is 1. The van der Waals surface area contributed by atoms with Crippen LogP contribution in [-0.2, 0) is 0 Å². The standard InChI is InChI=1S/C11H7ClFN/c12-11-10(13)6-9(7-14-11)8-4-2-1-3-5-8/h1-7H. The number of hydrogen-bond donors (Lipinski definition) is 0. The monoisotopic (exact) mass is 207 g/mol. The van der Waals surface area contributed by atoms with Gasteiger partial charge in [0.25, 0.3) is 0 Å². The first-order valence-electron chi connectivity index (χ1n) is 4.14. The Morgan fingerprint density at radius 1 is 1.07 bits per heavy atom. The summed E-state index contributed by atoms with van der Waals surface area (Å²) in [5.74, 6) is -0.493. The number of aromatic nitrogens is 1. The molecule has 0 amide bonds. The van der Waals surface area contributed by atoms with Gasteiger partial charge in [0.15, 0.2) is 11.0 Å². The van der Waals surface area contributed by atoms with Gasteiger partial charge < -0.3 is 0 Å². The molecule has 0 aliphatic rings. The fourth-order valence-electron chi connectivity index (χ4n) is 1.21. The second kappa shape index (κ2) is 3.76. The minimum atomic E-state index is -0.493. The first-order chi connectivity index (χ1) is 6.77. The number of benzene rings is 1. The van der Waals surface area contributed by atoms with E-state index in [2.05, 4.69) is 4.98 Å². The highest BCUT2D eigenvalue weighted by molar-refractivity contribution is 6.29. The van der Waals surface area contributed by atoms with E-state index in [4.69, 9.17) is 11.6 Å². The van der Waals surface area contributed by atoms with Crippen molar-refractivity contribution < 1.29 is 4.39 Å². The number of halogens is 2. The van der Waals surface area contributed by atoms with Crippen molar-refractivity contribution in [2.45, 2.75) is 0 Å². The van der Waals surface area contributed by atoms with Gasteiger partial charge in [0.05, 0.1) is 0 Å². The van der Waals surface area contributed by atoms with E-state index < -0.39 is 5.82 Å². The molecule has 0 bridgehead atoms. The highest BCUT2D eigenvalue weighted by Gasteiger charge is 2.03. The van der Waals surface area contributed by atoms with Crippen molar-refractivity contribution in [3.8, 4) is 11.1 Å². The molecule has 0 unspecified atom stereocenters. The molecule has 0 N–H and O–H groups in total. The van der Waals surface area contributed by atoms with Crippen molar-refractivity contribution in [1.29, 1.82) is 0 Å². The zero-order valence-corrected chi connectivity index (χ0v) is 8.00. The molecule has 3 heteroatoms. The summed E-state index contributed by atoms with van der Waals surface area (Å²) < 4.78 is 13.1. The molecular formula is C11H7ClFN. The van der Waals surface area contributed by atoms with Gasteiger partial charge in [-0.05, 0) is 11.6 Å². The summed E-state index contributed by atoms with van der Waals surface area (Å²) in [4.78, 5) is 3.75. The molecule has 0 saturated heterocycles. The lowest BCUT2D eigenvalue weighted by molar-refractivity contribution is 0.622. The van der Waals surface area contributed by atoms with Crippen LogP contribution in [0.2, 0.25) is 5.15 Å². The van der Waals surface area contributed by atoms with Gasteiger partial charge in [0.1, 0.15) is 0 Å². The number of rotatable bonds is 1. The molecule has 0 saturated carbocycles. The maximum atomic E-state index is 13.1. The van der Waals surface area contributed by atoms with Crippen LogP contribution in [0, 0.1) is 5.82 Å². The maximum Gasteiger partial charge on any atom is 0.164 e. The topological polar surface area (TPSA) is 12.9 Å². The molecule has 2 aromatic rings. The normalized spacial score (nSPS) is 10.1. The van der Waals surface area contributed by atoms with Crippen LogP contribution in [0.4, 0.5) is 4.39 Å². The predicted octanol–water partition coefficient (Wildman–Crippen LogP) is 3.54. The molecule has 1 aromatic carbocycles. The summed E-state index contributed by atoms with van der Waals surface area (Å²) in [6.45, 7) is 0. The van der Waals surface area contributed by atoms with Gasteiger partial charge in [-0.25, -0.2) is 9.37 Å². The fraction of sp³-hybridized carbons (Fsp3) is 0. The molecule has 0 aliphatic heterocycles. The van der Waals surface area contributed by atoms with Crippen molar-refractivity contribution in [3.63, 3.8) is 0 Å². The quantitative estimate of drug-likeness (QED) is 0.652. The van der Waals surface area contributed by atoms with E-state index >= 15 is 0 Å². The molecule has 2 rings (SSSR count). The van der Waals surface area contributed by atoms with Gasteiger partial charge in [0, 0.05) is 11.8 Å². The highest BCUT2D eigenvalue weighted by Crippen LogP contribution is 2.21. The second-order valence-electron chi connectivity index (χ2n) is 2.86. The van der Waals surface area contributed by atoms with Crippen LogP contribution < -0.4 is 0 Å². The van der Waals surface area contributed by atoms with Crippen LogP contribution in [0.15, 0.2) is 42.6 Å². The van der Waals surface area contributed by atoms with E-state index in [0.717, 1.165) is 11.1 Å². The molecule has 0 atom stereocenters. The summed E-state index contributed by atoms with van der Waals surface area (Å²) in [6, 6.07) is 10.9. The number of pyridine rings is 1. The highest BCUT2D eigenvalue weighted by atomic mass is 35.5. The summed E-state index contributed by atoms with van der Waals surface area (Å²) in [5, 5.41) is -0.0929. The van der Waals surface area contributed by atoms with Crippen molar-refractivity contribution in [2.24, 2.45) is 0 Å². The molecule has 1 heterocycles. The summed E-state index contributed by atoms with van der Waals surface area (Å²) in [7, 11) is 0. The van der Waals surface area contributed by atoms with Crippen LogP contribution >= 0.6 is 11.6 Å². The predicted molar refractivity (Wildman–Crippen MR) is 54.6 cm³/mol. The van der Waals surface area contributed by atoms with Crippen LogP contribution in [0.5, 0.6) is 0 Å². The number of nitrogens with zero attached hydrogens (tertiary/aromatic N) is 1. The Kier molecular flexibility index (Phi) is 2.46. The smallest absolute Gasteiger partial charge is 0.164 e. The molecule has 0 aliphatic carbocycles. The second-order valence-corrected chi connectivity index (χ2v) is 3.22. The molecule has 0 spiro atoms. The molecule has 1 aromatic heterocycles. The van der Waals surface area contributed by atoms with Crippen molar-refractivity contribution >= 4 is 11.6 Å². The Balaban J connectivity index is 2.48. The molecule has 70 valence electrons. The zero-order valence-electron chi connectivity index (χ0n) is 7.24. The summed E-state index contributed by atoms with van der Waals surface area (Å²) in [6.07, 6.45) is 1.56. The minimum absolute atomic E-state index is 0.0929. The van der Waals surface area contributed by atoms with E-state index in [1.165, 1.54) is 6.07 Å². The molecule has 0 radical (unpaired) electrons. The molecule has 0 fully saturated rings. The van der Waals surface area contributed by atoms with Crippen LogP contribution in [-0.4, -0.2) is 4.98 Å². The lowest BCUT2D eigenvalue weighted by atomic mass is 10.1. The van der Waals surface area contributed by atoms with Gasteiger partial charge >= 0.3 is 0 Å². The van der Waals surface area contributed by atoms with Crippen molar-refractivity contribution in [3.05, 3.63) is 53.6 Å². The van der Waals surface area contributed by atoms with Crippen molar-refractivity contribution in [2.75, 3.05) is 0 Å². The fourth-order valence-corrected chi connectivity index (χ4v) is 1.31. The van der Waals surface area contributed by atoms with E-state index in [0.29, 0.717) is 0 Å². The first-order valence-corrected chi connectivity index (χ1v) is 4.51. The molecule has 1 nitrogen and oxygen atoms in total. The van der Waals surface area contributed by atoms with Crippen molar-refractivity contribution in [1.82, 2.24) is 4.98 Å². The maximum absolute atomic E-state index is 13.1. The minimum Gasteiger partial charge on any atom is -0.241 e. The largest absolute Gasteiger partial charge is 0.241 e. The van der Waals surface area contributed by atoms with Gasteiger partial charge in [-0.2, -0.15) is 0 Å². The Morgan fingerprint density at radius 3 is 2.43 bits per heavy atom. The van der Waals surface area contributed by atoms with Gasteiger partial charge in [0.2, 0.25) is 0 Å². The lowest BCUT2D eigenvalue weighted by Crippen LogP contribution is -1.85. The third-order valence-electron chi connectivity index (χ3n) is 1.90. The average Bonchev–Trinajstić information content (AvgIpc) is 2.23. The van der Waals surface area contributed by atoms with E-state index in [-0.39, 0.29) is 5.15 Å². The van der Waals surface area contributed by atoms with Gasteiger partial charge in [-0.1, -0.05) is 41.9 Å². The molecular weight excluding hydrogens is 201 g/mol. The van der Waals surface area contributed by atoms with Crippen LogP contribution in [0.1, 0.15) is 0 Å². The van der Waals surface area contributed by atoms with E-state index in [9.17, 15) is 4.39 Å². The summed E-state index contributed by atoms with van der Waals surface area (Å²) >= 11 is 5.48. The van der Waals surface area contributed by atoms with Gasteiger partial charge in [-0.3, -0.25) is 0 Å². The summed E-state index contributed by atoms with van der Waals surface area (Å²) in [5.41, 5.74) is 1.66.